The molecular weight excluding hydrogens is 228 g/mol. The molecule has 0 radical (unpaired) electrons. The molecule has 4 heteroatoms. The van der Waals surface area contributed by atoms with Crippen molar-refractivity contribution in [1.82, 2.24) is 5.32 Å². The van der Waals surface area contributed by atoms with Crippen LogP contribution >= 0.6 is 0 Å². The van der Waals surface area contributed by atoms with Crippen molar-refractivity contribution in [2.24, 2.45) is 0 Å². The Kier molecular flexibility index (Phi) is 4.33. The van der Waals surface area contributed by atoms with Crippen molar-refractivity contribution in [3.8, 4) is 0 Å². The summed E-state index contributed by atoms with van der Waals surface area (Å²) in [6.45, 7) is 6.07. The van der Waals surface area contributed by atoms with Gasteiger partial charge in [-0.3, -0.25) is 4.79 Å². The maximum absolute atomic E-state index is 11.1. The lowest BCUT2D eigenvalue weighted by molar-refractivity contribution is -0.114. The number of anilines is 1. The van der Waals surface area contributed by atoms with Gasteiger partial charge in [-0.2, -0.15) is 0 Å². The first-order valence-electron chi connectivity index (χ1n) is 6.36. The minimum atomic E-state index is -0.0464. The van der Waals surface area contributed by atoms with Gasteiger partial charge in [0.15, 0.2) is 0 Å². The van der Waals surface area contributed by atoms with Gasteiger partial charge < -0.3 is 15.4 Å². The Balaban J connectivity index is 2.21. The van der Waals surface area contributed by atoms with E-state index in [2.05, 4.69) is 17.6 Å². The molecule has 1 aromatic rings. The molecule has 1 fully saturated rings. The molecule has 2 rings (SSSR count). The Morgan fingerprint density at radius 3 is 3.11 bits per heavy atom. The van der Waals surface area contributed by atoms with E-state index in [1.807, 2.05) is 18.2 Å². The first-order chi connectivity index (χ1) is 8.66. The number of benzene rings is 1. The number of amides is 1. The van der Waals surface area contributed by atoms with E-state index in [1.54, 1.807) is 0 Å². The largest absolute Gasteiger partial charge is 0.379 e. The quantitative estimate of drug-likeness (QED) is 0.841. The molecule has 98 valence electrons. The smallest absolute Gasteiger partial charge is 0.221 e. The van der Waals surface area contributed by atoms with Gasteiger partial charge in [-0.25, -0.2) is 0 Å². The number of rotatable bonds is 2. The van der Waals surface area contributed by atoms with Gasteiger partial charge in [0.25, 0.3) is 0 Å². The molecule has 1 atom stereocenters. The maximum Gasteiger partial charge on any atom is 0.221 e. The molecule has 1 amide bonds. The summed E-state index contributed by atoms with van der Waals surface area (Å²) in [4.78, 5) is 11.1. The number of aryl methyl sites for hydroxylation is 1. The van der Waals surface area contributed by atoms with Crippen LogP contribution in [0, 0.1) is 6.92 Å². The molecule has 1 heterocycles. The van der Waals surface area contributed by atoms with Crippen molar-refractivity contribution < 1.29 is 9.53 Å². The summed E-state index contributed by atoms with van der Waals surface area (Å²) >= 11 is 0. The van der Waals surface area contributed by atoms with Crippen LogP contribution in [0.3, 0.4) is 0 Å². The molecule has 0 saturated carbocycles. The minimum absolute atomic E-state index is 0.0464. The summed E-state index contributed by atoms with van der Waals surface area (Å²) in [5.41, 5.74) is 3.25. The van der Waals surface area contributed by atoms with E-state index in [1.165, 1.54) is 18.1 Å². The molecular formula is C14H20N2O2. The van der Waals surface area contributed by atoms with E-state index in [9.17, 15) is 4.79 Å². The zero-order valence-electron chi connectivity index (χ0n) is 11.0. The topological polar surface area (TPSA) is 50.4 Å². The van der Waals surface area contributed by atoms with Crippen LogP contribution < -0.4 is 10.6 Å². The van der Waals surface area contributed by atoms with Crippen LogP contribution in [0.25, 0.3) is 0 Å². The van der Waals surface area contributed by atoms with Crippen LogP contribution in [0.4, 0.5) is 5.69 Å². The number of nitrogens with one attached hydrogen (secondary N) is 2. The highest BCUT2D eigenvalue weighted by atomic mass is 16.5. The monoisotopic (exact) mass is 248 g/mol. The number of hydrogen-bond acceptors (Lipinski definition) is 3. The van der Waals surface area contributed by atoms with Gasteiger partial charge in [0.2, 0.25) is 5.91 Å². The van der Waals surface area contributed by atoms with Gasteiger partial charge in [0.05, 0.1) is 12.6 Å². The van der Waals surface area contributed by atoms with Crippen molar-refractivity contribution in [3.05, 3.63) is 29.3 Å². The fourth-order valence-corrected chi connectivity index (χ4v) is 2.21. The SMILES string of the molecule is CC(=O)Nc1ccc(C)c([C@@H]2COCCCN2)c1. The molecule has 0 aliphatic carbocycles. The second-order valence-corrected chi connectivity index (χ2v) is 4.69. The molecule has 0 aromatic heterocycles. The Labute approximate surface area is 108 Å². The summed E-state index contributed by atoms with van der Waals surface area (Å²) in [5, 5.41) is 6.30. The van der Waals surface area contributed by atoms with E-state index in [0.717, 1.165) is 25.3 Å². The van der Waals surface area contributed by atoms with E-state index in [0.29, 0.717) is 6.61 Å². The van der Waals surface area contributed by atoms with Crippen LogP contribution in [0.15, 0.2) is 18.2 Å². The van der Waals surface area contributed by atoms with Crippen molar-refractivity contribution in [1.29, 1.82) is 0 Å². The van der Waals surface area contributed by atoms with Gasteiger partial charge >= 0.3 is 0 Å². The van der Waals surface area contributed by atoms with Crippen LogP contribution in [0.5, 0.6) is 0 Å². The highest BCUT2D eigenvalue weighted by molar-refractivity contribution is 5.88. The molecule has 1 aromatic carbocycles. The Hall–Kier alpha value is -1.39. The summed E-state index contributed by atoms with van der Waals surface area (Å²) in [7, 11) is 0. The summed E-state index contributed by atoms with van der Waals surface area (Å²) in [6, 6.07) is 6.20. The van der Waals surface area contributed by atoms with Crippen molar-refractivity contribution in [2.45, 2.75) is 26.3 Å². The van der Waals surface area contributed by atoms with Gasteiger partial charge in [0.1, 0.15) is 0 Å². The minimum Gasteiger partial charge on any atom is -0.379 e. The number of ether oxygens (including phenoxy) is 1. The van der Waals surface area contributed by atoms with Crippen LogP contribution in [-0.4, -0.2) is 25.7 Å². The lowest BCUT2D eigenvalue weighted by Crippen LogP contribution is -2.24. The molecule has 4 nitrogen and oxygen atoms in total. The zero-order chi connectivity index (χ0) is 13.0. The summed E-state index contributed by atoms with van der Waals surface area (Å²) < 4.78 is 5.59. The lowest BCUT2D eigenvalue weighted by atomic mass is 10.0. The third-order valence-electron chi connectivity index (χ3n) is 3.12. The first-order valence-corrected chi connectivity index (χ1v) is 6.36. The molecule has 2 N–H and O–H groups in total. The molecule has 0 bridgehead atoms. The third kappa shape index (κ3) is 3.31. The average molecular weight is 248 g/mol. The van der Waals surface area contributed by atoms with Gasteiger partial charge in [-0.05, 0) is 43.1 Å². The molecule has 1 saturated heterocycles. The highest BCUT2D eigenvalue weighted by Gasteiger charge is 2.16. The second kappa shape index (κ2) is 5.98. The number of carbonyl (C=O) groups is 1. The van der Waals surface area contributed by atoms with Gasteiger partial charge in [-0.1, -0.05) is 6.07 Å². The Morgan fingerprint density at radius 2 is 2.33 bits per heavy atom. The third-order valence-corrected chi connectivity index (χ3v) is 3.12. The summed E-state index contributed by atoms with van der Waals surface area (Å²) in [6.07, 6.45) is 1.04. The Bertz CT molecular complexity index is 424. The predicted octanol–water partition coefficient (Wildman–Crippen LogP) is 2.00. The van der Waals surface area contributed by atoms with Crippen molar-refractivity contribution in [3.63, 3.8) is 0 Å². The van der Waals surface area contributed by atoms with Gasteiger partial charge in [-0.15, -0.1) is 0 Å². The number of hydrogen-bond donors (Lipinski definition) is 2. The molecule has 0 unspecified atom stereocenters. The number of carbonyl (C=O) groups excluding carboxylic acids is 1. The molecule has 1 aliphatic rings. The maximum atomic E-state index is 11.1. The van der Waals surface area contributed by atoms with Crippen LogP contribution in [-0.2, 0) is 9.53 Å². The second-order valence-electron chi connectivity index (χ2n) is 4.69. The van der Waals surface area contributed by atoms with Crippen molar-refractivity contribution >= 4 is 11.6 Å². The van der Waals surface area contributed by atoms with Gasteiger partial charge in [0, 0.05) is 19.2 Å². The van der Waals surface area contributed by atoms with E-state index in [-0.39, 0.29) is 11.9 Å². The average Bonchev–Trinajstić information content (AvgIpc) is 2.59. The van der Waals surface area contributed by atoms with Crippen LogP contribution in [0.1, 0.15) is 30.5 Å². The fourth-order valence-electron chi connectivity index (χ4n) is 2.21. The predicted molar refractivity (Wildman–Crippen MR) is 71.7 cm³/mol. The zero-order valence-corrected chi connectivity index (χ0v) is 11.0. The standard InChI is InChI=1S/C14H20N2O2/c1-10-4-5-12(16-11(2)17)8-13(10)14-9-18-7-3-6-15-14/h4-5,8,14-15H,3,6-7,9H2,1-2H3,(H,16,17)/t14-/m0/s1. The molecule has 18 heavy (non-hydrogen) atoms. The van der Waals surface area contributed by atoms with Crippen LogP contribution in [0.2, 0.25) is 0 Å². The molecule has 1 aliphatic heterocycles. The van der Waals surface area contributed by atoms with E-state index >= 15 is 0 Å². The summed E-state index contributed by atoms with van der Waals surface area (Å²) in [5.74, 6) is -0.0464. The van der Waals surface area contributed by atoms with E-state index < -0.39 is 0 Å². The van der Waals surface area contributed by atoms with E-state index in [4.69, 9.17) is 4.74 Å². The molecule has 0 spiro atoms. The fraction of sp³-hybridized carbons (Fsp3) is 0.500. The highest BCUT2D eigenvalue weighted by Crippen LogP contribution is 2.23. The normalized spacial score (nSPS) is 20.2. The first kappa shape index (κ1) is 13.1. The Morgan fingerprint density at radius 1 is 1.50 bits per heavy atom. The van der Waals surface area contributed by atoms with Crippen molar-refractivity contribution in [2.75, 3.05) is 25.1 Å². The lowest BCUT2D eigenvalue weighted by Gasteiger charge is -2.19.